The number of hydrogen-bond donors (Lipinski definition) is 2. The highest BCUT2D eigenvalue weighted by molar-refractivity contribution is 6.42. The Morgan fingerprint density at radius 2 is 1.07 bits per heavy atom. The van der Waals surface area contributed by atoms with E-state index >= 15 is 0 Å². The molecule has 2 heterocycles. The van der Waals surface area contributed by atoms with E-state index in [2.05, 4.69) is 41.7 Å². The van der Waals surface area contributed by atoms with Crippen LogP contribution in [-0.4, -0.2) is 63.3 Å². The molecule has 0 saturated heterocycles. The molecule has 6 rings (SSSR count). The van der Waals surface area contributed by atoms with Gasteiger partial charge in [0.05, 0.1) is 21.4 Å². The van der Waals surface area contributed by atoms with Crippen molar-refractivity contribution in [3.05, 3.63) is 118 Å². The van der Waals surface area contributed by atoms with Crippen LogP contribution in [0.1, 0.15) is 75.1 Å². The zero-order valence-corrected chi connectivity index (χ0v) is 31.9. The summed E-state index contributed by atoms with van der Waals surface area (Å²) in [5.74, 6) is -2.34. The van der Waals surface area contributed by atoms with Gasteiger partial charge >= 0.3 is 0 Å². The second kappa shape index (κ2) is 16.6. The van der Waals surface area contributed by atoms with Crippen molar-refractivity contribution in [2.45, 2.75) is 65.5 Å². The van der Waals surface area contributed by atoms with E-state index in [-0.39, 0.29) is 22.9 Å². The number of nitrogens with one attached hydrogen (secondary N) is 2. The quantitative estimate of drug-likeness (QED) is 0.142. The number of amides is 2. The first-order valence-electron chi connectivity index (χ1n) is 16.9. The molecule has 16 heteroatoms. The monoisotopic (exact) mass is 774 g/mol. The maximum atomic E-state index is 13.7. The Morgan fingerprint density at radius 1 is 0.611 bits per heavy atom. The highest BCUT2D eigenvalue weighted by atomic mass is 35.5. The summed E-state index contributed by atoms with van der Waals surface area (Å²) in [7, 11) is 0. The normalized spacial score (nSPS) is 11.4. The summed E-state index contributed by atoms with van der Waals surface area (Å²) in [6.07, 6.45) is 4.43. The van der Waals surface area contributed by atoms with Gasteiger partial charge in [0.15, 0.2) is 11.6 Å². The molecule has 2 aromatic heterocycles. The summed E-state index contributed by atoms with van der Waals surface area (Å²) in [5.41, 5.74) is 3.99. The van der Waals surface area contributed by atoms with Gasteiger partial charge in [-0.15, -0.1) is 10.2 Å². The predicted molar refractivity (Wildman–Crippen MR) is 203 cm³/mol. The lowest BCUT2D eigenvalue weighted by Crippen LogP contribution is -2.42. The van der Waals surface area contributed by atoms with Gasteiger partial charge in [0.25, 0.3) is 11.8 Å². The minimum atomic E-state index is -0.960. The molecule has 2 N–H and O–H groups in total. The van der Waals surface area contributed by atoms with E-state index in [1.807, 2.05) is 59.7 Å². The molecule has 12 nitrogen and oxygen atoms in total. The van der Waals surface area contributed by atoms with E-state index in [1.54, 1.807) is 36.4 Å². The van der Waals surface area contributed by atoms with Crippen LogP contribution in [0, 0.1) is 11.6 Å². The average molecular weight is 776 g/mol. The van der Waals surface area contributed by atoms with Gasteiger partial charge < -0.3 is 10.6 Å². The Kier molecular flexibility index (Phi) is 12.2. The van der Waals surface area contributed by atoms with E-state index in [0.29, 0.717) is 43.7 Å². The first-order chi connectivity index (χ1) is 25.6. The van der Waals surface area contributed by atoms with E-state index < -0.39 is 11.6 Å². The Balaban J connectivity index is 0.000000208. The zero-order valence-electron chi connectivity index (χ0n) is 30.4. The van der Waals surface area contributed by atoms with E-state index in [4.69, 9.17) is 23.2 Å². The molecule has 0 bridgehead atoms. The van der Waals surface area contributed by atoms with Crippen molar-refractivity contribution >= 4 is 35.0 Å². The minimum absolute atomic E-state index is 0.168. The molecule has 0 aliphatic heterocycles. The number of hydrogen-bond acceptors (Lipinski definition) is 8. The molecule has 0 saturated carbocycles. The summed E-state index contributed by atoms with van der Waals surface area (Å²) in [5, 5.41) is 29.2. The van der Waals surface area contributed by atoms with E-state index in [1.165, 1.54) is 28.1 Å². The van der Waals surface area contributed by atoms with Crippen molar-refractivity contribution in [1.82, 2.24) is 51.0 Å². The van der Waals surface area contributed by atoms with Crippen LogP contribution in [-0.2, 0) is 0 Å². The van der Waals surface area contributed by atoms with Crippen molar-refractivity contribution in [2.75, 3.05) is 0 Å². The predicted octanol–water partition coefficient (Wildman–Crippen LogP) is 8.08. The fraction of sp³-hybridized carbons (Fsp3) is 0.263. The molecule has 0 fully saturated rings. The number of benzene rings is 4. The molecule has 280 valence electrons. The number of halogens is 4. The maximum Gasteiger partial charge on any atom is 0.251 e. The molecule has 54 heavy (non-hydrogen) atoms. The van der Waals surface area contributed by atoms with E-state index in [0.717, 1.165) is 36.1 Å². The van der Waals surface area contributed by atoms with Crippen molar-refractivity contribution in [2.24, 2.45) is 0 Å². The van der Waals surface area contributed by atoms with Crippen LogP contribution in [0.4, 0.5) is 8.78 Å². The lowest BCUT2D eigenvalue weighted by atomic mass is 9.99. The van der Waals surface area contributed by atoms with Crippen molar-refractivity contribution < 1.29 is 18.4 Å². The summed E-state index contributed by atoms with van der Waals surface area (Å²) >= 11 is 12.2. The first kappa shape index (κ1) is 39.6. The number of nitrogens with zero attached hydrogens (tertiary/aromatic N) is 8. The zero-order chi connectivity index (χ0) is 39.2. The third kappa shape index (κ3) is 9.88. The molecule has 0 aliphatic rings. The summed E-state index contributed by atoms with van der Waals surface area (Å²) in [6, 6.07) is 19.3. The Morgan fingerprint density at radius 3 is 1.48 bits per heavy atom. The largest absolute Gasteiger partial charge is 0.347 e. The molecular formula is C38H38Cl2F2N10O2. The SMILES string of the molecule is CCC(C)(C)NC(=O)c1cc(-c2ccc(Cl)c(Cl)c2)cc(-n2cnnn2)c1.CCC(C)(C)NC(=O)c1cc(-c2ccc(F)c(F)c2)cc(-n2cnnn2)c1. The van der Waals surface area contributed by atoms with Gasteiger partial charge in [0.2, 0.25) is 0 Å². The number of tetrazole rings is 2. The van der Waals surface area contributed by atoms with Crippen LogP contribution in [0.3, 0.4) is 0 Å². The van der Waals surface area contributed by atoms with Crippen molar-refractivity contribution in [3.63, 3.8) is 0 Å². The van der Waals surface area contributed by atoms with Gasteiger partial charge in [-0.1, -0.05) is 49.2 Å². The fourth-order valence-electron chi connectivity index (χ4n) is 4.93. The van der Waals surface area contributed by atoms with Gasteiger partial charge in [-0.25, -0.2) is 18.1 Å². The van der Waals surface area contributed by atoms with Crippen LogP contribution < -0.4 is 10.6 Å². The second-order valence-electron chi connectivity index (χ2n) is 13.7. The van der Waals surface area contributed by atoms with Gasteiger partial charge in [0.1, 0.15) is 12.7 Å². The fourth-order valence-corrected chi connectivity index (χ4v) is 5.23. The highest BCUT2D eigenvalue weighted by Gasteiger charge is 2.22. The molecule has 2 amide bonds. The maximum absolute atomic E-state index is 13.7. The van der Waals surface area contributed by atoms with Gasteiger partial charge in [-0.2, -0.15) is 0 Å². The highest BCUT2D eigenvalue weighted by Crippen LogP contribution is 2.31. The van der Waals surface area contributed by atoms with Gasteiger partial charge in [0, 0.05) is 22.2 Å². The summed E-state index contributed by atoms with van der Waals surface area (Å²) in [4.78, 5) is 25.6. The van der Waals surface area contributed by atoms with Crippen LogP contribution >= 0.6 is 23.2 Å². The lowest BCUT2D eigenvalue weighted by Gasteiger charge is -2.24. The molecule has 0 radical (unpaired) electrons. The van der Waals surface area contributed by atoms with Crippen LogP contribution in [0.5, 0.6) is 0 Å². The second-order valence-corrected chi connectivity index (χ2v) is 14.5. The molecule has 0 spiro atoms. The number of aromatic nitrogens is 8. The van der Waals surface area contributed by atoms with Crippen LogP contribution in [0.15, 0.2) is 85.5 Å². The summed E-state index contributed by atoms with van der Waals surface area (Å²) < 4.78 is 29.9. The molecule has 0 unspecified atom stereocenters. The van der Waals surface area contributed by atoms with Gasteiger partial charge in [-0.05, 0) is 144 Å². The third-order valence-electron chi connectivity index (χ3n) is 8.76. The van der Waals surface area contributed by atoms with Gasteiger partial charge in [-0.3, -0.25) is 9.59 Å². The Hall–Kier alpha value is -5.60. The van der Waals surface area contributed by atoms with Crippen molar-refractivity contribution in [1.29, 1.82) is 0 Å². The molecule has 4 aromatic carbocycles. The Labute approximate surface area is 320 Å². The van der Waals surface area contributed by atoms with E-state index in [9.17, 15) is 18.4 Å². The average Bonchev–Trinajstić information content (AvgIpc) is 3.90. The summed E-state index contributed by atoms with van der Waals surface area (Å²) in [6.45, 7) is 11.8. The number of carbonyl (C=O) groups is 2. The standard InChI is InChI=1S/C19H19Cl2N5O.C19H19F2N5O/c2*1-4-19(2,3)23-18(27)14-7-13(12-5-6-16(20)17(21)10-12)8-15(9-14)26-11-22-24-25-26/h2*5-11H,4H2,1-3H3,(H,23,27). The van der Waals surface area contributed by atoms with Crippen LogP contribution in [0.2, 0.25) is 10.0 Å². The topological polar surface area (TPSA) is 145 Å². The molecule has 0 atom stereocenters. The smallest absolute Gasteiger partial charge is 0.251 e. The first-order valence-corrected chi connectivity index (χ1v) is 17.7. The third-order valence-corrected chi connectivity index (χ3v) is 9.50. The van der Waals surface area contributed by atoms with Crippen molar-refractivity contribution in [3.8, 4) is 33.6 Å². The number of rotatable bonds is 10. The van der Waals surface area contributed by atoms with Crippen LogP contribution in [0.25, 0.3) is 33.6 Å². The Bertz CT molecular complexity index is 2100. The minimum Gasteiger partial charge on any atom is -0.347 e. The molecule has 0 aliphatic carbocycles. The molecule has 6 aromatic rings. The molecular weight excluding hydrogens is 737 g/mol. The number of carbonyl (C=O) groups excluding carboxylic acids is 2. The lowest BCUT2D eigenvalue weighted by molar-refractivity contribution is 0.0902.